The van der Waals surface area contributed by atoms with Gasteiger partial charge in [0.05, 0.1) is 5.75 Å². The number of carbonyl (C=O) groups excluding carboxylic acids is 1. The number of anilines is 1. The number of nitrogens with one attached hydrogen (secondary N) is 1. The zero-order valence-electron chi connectivity index (χ0n) is 12.0. The Bertz CT molecular complexity index is 753. The quantitative estimate of drug-likeness (QED) is 0.911. The SMILES string of the molecule is Cc1ccc(CS(=O)(=O)CC(=O)Nc2ccc(Cl)cc2)cc1. The number of sulfone groups is 1. The van der Waals surface area contributed by atoms with Gasteiger partial charge in [0.2, 0.25) is 5.91 Å². The predicted molar refractivity (Wildman–Crippen MR) is 88.8 cm³/mol. The van der Waals surface area contributed by atoms with Gasteiger partial charge in [-0.3, -0.25) is 4.79 Å². The van der Waals surface area contributed by atoms with Crippen LogP contribution < -0.4 is 5.32 Å². The number of benzene rings is 2. The van der Waals surface area contributed by atoms with Crippen molar-refractivity contribution in [1.29, 1.82) is 0 Å². The van der Waals surface area contributed by atoms with E-state index in [2.05, 4.69) is 5.32 Å². The van der Waals surface area contributed by atoms with Gasteiger partial charge in [0.1, 0.15) is 5.75 Å². The molecule has 6 heteroatoms. The van der Waals surface area contributed by atoms with Crippen molar-refractivity contribution in [2.75, 3.05) is 11.1 Å². The Balaban J connectivity index is 1.97. The largest absolute Gasteiger partial charge is 0.325 e. The maximum Gasteiger partial charge on any atom is 0.239 e. The van der Waals surface area contributed by atoms with Crippen molar-refractivity contribution in [2.24, 2.45) is 0 Å². The first kappa shape index (κ1) is 16.5. The Morgan fingerprint density at radius 2 is 1.64 bits per heavy atom. The van der Waals surface area contributed by atoms with Gasteiger partial charge in [-0.25, -0.2) is 8.42 Å². The normalized spacial score (nSPS) is 11.2. The first-order chi connectivity index (χ1) is 10.3. The zero-order valence-corrected chi connectivity index (χ0v) is 13.6. The highest BCUT2D eigenvalue weighted by Gasteiger charge is 2.17. The molecular formula is C16H16ClNO3S. The fourth-order valence-corrected chi connectivity index (χ4v) is 3.32. The van der Waals surface area contributed by atoms with Gasteiger partial charge in [-0.2, -0.15) is 0 Å². The Hall–Kier alpha value is -1.85. The maximum atomic E-state index is 12.1. The molecule has 0 bridgehead atoms. The molecule has 0 atom stereocenters. The number of rotatable bonds is 5. The van der Waals surface area contributed by atoms with Crippen LogP contribution in [0.15, 0.2) is 48.5 Å². The van der Waals surface area contributed by atoms with Crippen LogP contribution in [-0.2, 0) is 20.4 Å². The van der Waals surface area contributed by atoms with E-state index in [0.717, 1.165) is 5.56 Å². The summed E-state index contributed by atoms with van der Waals surface area (Å²) in [6.45, 7) is 1.93. The summed E-state index contributed by atoms with van der Waals surface area (Å²) in [6, 6.07) is 13.7. The topological polar surface area (TPSA) is 63.2 Å². The minimum atomic E-state index is -3.51. The minimum absolute atomic E-state index is 0.151. The van der Waals surface area contributed by atoms with Crippen molar-refractivity contribution in [2.45, 2.75) is 12.7 Å². The minimum Gasteiger partial charge on any atom is -0.325 e. The lowest BCUT2D eigenvalue weighted by atomic mass is 10.2. The van der Waals surface area contributed by atoms with Gasteiger partial charge in [0.15, 0.2) is 9.84 Å². The average molecular weight is 338 g/mol. The molecular weight excluding hydrogens is 322 g/mol. The summed E-state index contributed by atoms with van der Waals surface area (Å²) in [7, 11) is -3.51. The molecule has 0 unspecified atom stereocenters. The van der Waals surface area contributed by atoms with E-state index in [1.54, 1.807) is 36.4 Å². The van der Waals surface area contributed by atoms with Crippen LogP contribution in [0.3, 0.4) is 0 Å². The summed E-state index contributed by atoms with van der Waals surface area (Å²) >= 11 is 5.75. The van der Waals surface area contributed by atoms with E-state index < -0.39 is 21.5 Å². The van der Waals surface area contributed by atoms with Crippen molar-refractivity contribution in [3.8, 4) is 0 Å². The average Bonchev–Trinajstić information content (AvgIpc) is 2.43. The molecule has 0 aliphatic carbocycles. The van der Waals surface area contributed by atoms with Gasteiger partial charge >= 0.3 is 0 Å². The van der Waals surface area contributed by atoms with Crippen molar-refractivity contribution >= 4 is 33.0 Å². The predicted octanol–water partition coefficient (Wildman–Crippen LogP) is 3.20. The van der Waals surface area contributed by atoms with Crippen LogP contribution in [-0.4, -0.2) is 20.1 Å². The number of amides is 1. The molecule has 4 nitrogen and oxygen atoms in total. The Labute approximate surface area is 135 Å². The molecule has 0 fully saturated rings. The van der Waals surface area contributed by atoms with Crippen LogP contribution in [0.4, 0.5) is 5.69 Å². The third-order valence-electron chi connectivity index (χ3n) is 2.99. The molecule has 2 aromatic carbocycles. The molecule has 2 aromatic rings. The van der Waals surface area contributed by atoms with Gasteiger partial charge in [0.25, 0.3) is 0 Å². The zero-order chi connectivity index (χ0) is 16.2. The molecule has 0 aliphatic heterocycles. The summed E-state index contributed by atoms with van der Waals surface area (Å²) < 4.78 is 24.1. The van der Waals surface area contributed by atoms with Gasteiger partial charge in [-0.15, -0.1) is 0 Å². The second-order valence-corrected chi connectivity index (χ2v) is 7.57. The molecule has 0 aliphatic rings. The Morgan fingerprint density at radius 1 is 1.05 bits per heavy atom. The van der Waals surface area contributed by atoms with Crippen molar-refractivity contribution in [3.05, 3.63) is 64.7 Å². The van der Waals surface area contributed by atoms with Crippen LogP contribution >= 0.6 is 11.6 Å². The van der Waals surface area contributed by atoms with Gasteiger partial charge in [0, 0.05) is 10.7 Å². The van der Waals surface area contributed by atoms with Crippen LogP contribution in [0.5, 0.6) is 0 Å². The first-order valence-corrected chi connectivity index (χ1v) is 8.85. The van der Waals surface area contributed by atoms with Crippen molar-refractivity contribution in [3.63, 3.8) is 0 Å². The fraction of sp³-hybridized carbons (Fsp3) is 0.188. The Kier molecular flexibility index (Phi) is 5.21. The summed E-state index contributed by atoms with van der Waals surface area (Å²) in [6.07, 6.45) is 0. The number of halogens is 1. The molecule has 116 valence electrons. The van der Waals surface area contributed by atoms with Gasteiger partial charge in [-0.05, 0) is 36.8 Å². The first-order valence-electron chi connectivity index (χ1n) is 6.65. The lowest BCUT2D eigenvalue weighted by Gasteiger charge is -2.07. The third-order valence-corrected chi connectivity index (χ3v) is 4.71. The molecule has 0 aromatic heterocycles. The molecule has 0 radical (unpaired) electrons. The van der Waals surface area contributed by atoms with Crippen LogP contribution in [0.25, 0.3) is 0 Å². The lowest BCUT2D eigenvalue weighted by Crippen LogP contribution is -2.23. The summed E-state index contributed by atoms with van der Waals surface area (Å²) in [5.74, 6) is -1.26. The van der Waals surface area contributed by atoms with Crippen molar-refractivity contribution in [1.82, 2.24) is 0 Å². The van der Waals surface area contributed by atoms with Crippen molar-refractivity contribution < 1.29 is 13.2 Å². The van der Waals surface area contributed by atoms with Gasteiger partial charge < -0.3 is 5.32 Å². The fourth-order valence-electron chi connectivity index (χ4n) is 1.92. The smallest absolute Gasteiger partial charge is 0.239 e. The molecule has 1 amide bonds. The number of aryl methyl sites for hydroxylation is 1. The monoisotopic (exact) mass is 337 g/mol. The number of carbonyl (C=O) groups is 1. The Morgan fingerprint density at radius 3 is 2.23 bits per heavy atom. The molecule has 0 saturated carbocycles. The van der Waals surface area contributed by atoms with E-state index in [1.807, 2.05) is 19.1 Å². The van der Waals surface area contributed by atoms with Crippen LogP contribution in [0.2, 0.25) is 5.02 Å². The van der Waals surface area contributed by atoms with E-state index >= 15 is 0 Å². The third kappa shape index (κ3) is 5.16. The van der Waals surface area contributed by atoms with E-state index in [0.29, 0.717) is 16.3 Å². The van der Waals surface area contributed by atoms with E-state index in [4.69, 9.17) is 11.6 Å². The van der Waals surface area contributed by atoms with Crippen LogP contribution in [0.1, 0.15) is 11.1 Å². The summed E-state index contributed by atoms with van der Waals surface area (Å²) in [5.41, 5.74) is 2.24. The molecule has 2 rings (SSSR count). The molecule has 1 N–H and O–H groups in total. The highest BCUT2D eigenvalue weighted by Crippen LogP contribution is 2.14. The van der Waals surface area contributed by atoms with E-state index in [9.17, 15) is 13.2 Å². The second kappa shape index (κ2) is 6.94. The molecule has 0 spiro atoms. The number of hydrogen-bond donors (Lipinski definition) is 1. The highest BCUT2D eigenvalue weighted by atomic mass is 35.5. The lowest BCUT2D eigenvalue weighted by molar-refractivity contribution is -0.113. The number of hydrogen-bond acceptors (Lipinski definition) is 3. The molecule has 22 heavy (non-hydrogen) atoms. The van der Waals surface area contributed by atoms with E-state index in [1.165, 1.54) is 0 Å². The summed E-state index contributed by atoms with van der Waals surface area (Å²) in [5, 5.41) is 3.09. The van der Waals surface area contributed by atoms with Crippen LogP contribution in [0, 0.1) is 6.92 Å². The van der Waals surface area contributed by atoms with Gasteiger partial charge in [-0.1, -0.05) is 41.4 Å². The summed E-state index contributed by atoms with van der Waals surface area (Å²) in [4.78, 5) is 11.8. The molecule has 0 heterocycles. The van der Waals surface area contributed by atoms with E-state index in [-0.39, 0.29) is 5.75 Å². The molecule has 0 saturated heterocycles. The standard InChI is InChI=1S/C16H16ClNO3S/c1-12-2-4-13(5-3-12)10-22(20,21)11-16(19)18-15-8-6-14(17)7-9-15/h2-9H,10-11H2,1H3,(H,18,19). The second-order valence-electron chi connectivity index (χ2n) is 5.07. The maximum absolute atomic E-state index is 12.1. The highest BCUT2D eigenvalue weighted by molar-refractivity contribution is 7.91.